The van der Waals surface area contributed by atoms with Crippen molar-refractivity contribution in [3.63, 3.8) is 0 Å². The van der Waals surface area contributed by atoms with Crippen LogP contribution in [0.2, 0.25) is 0 Å². The van der Waals surface area contributed by atoms with Crippen LogP contribution in [0.15, 0.2) is 47.5 Å². The van der Waals surface area contributed by atoms with Gasteiger partial charge in [0.05, 0.1) is 12.1 Å². The van der Waals surface area contributed by atoms with Crippen LogP contribution < -0.4 is 15.5 Å². The molecule has 1 aliphatic rings. The van der Waals surface area contributed by atoms with Gasteiger partial charge in [-0.15, -0.1) is 0 Å². The Hall–Kier alpha value is -4.14. The normalized spacial score (nSPS) is 13.7. The van der Waals surface area contributed by atoms with E-state index in [1.807, 2.05) is 19.9 Å². The fraction of sp³-hybridized carbons (Fsp3) is 0.333. The van der Waals surface area contributed by atoms with Gasteiger partial charge in [-0.3, -0.25) is 14.6 Å². The number of alkyl halides is 1. The third-order valence-corrected chi connectivity index (χ3v) is 7.46. The van der Waals surface area contributed by atoms with Crippen LogP contribution in [0.4, 0.5) is 14.5 Å². The van der Waals surface area contributed by atoms with Gasteiger partial charge >= 0.3 is 0 Å². The van der Waals surface area contributed by atoms with E-state index in [1.54, 1.807) is 23.8 Å². The van der Waals surface area contributed by atoms with E-state index in [4.69, 9.17) is 4.74 Å². The minimum Gasteiger partial charge on any atom is -0.452 e. The van der Waals surface area contributed by atoms with E-state index in [-0.39, 0.29) is 34.9 Å². The second-order valence-electron chi connectivity index (χ2n) is 10.0. The first-order valence-electron chi connectivity index (χ1n) is 13.1. The van der Waals surface area contributed by atoms with E-state index in [0.717, 1.165) is 43.0 Å². The van der Waals surface area contributed by atoms with Crippen molar-refractivity contribution in [1.29, 1.82) is 0 Å². The number of ether oxygens (including phenoxy) is 1. The number of benzene rings is 1. The first kappa shape index (κ1) is 26.5. The number of carbonyl (C=O) groups excluding carboxylic acids is 1. The molecule has 0 aliphatic heterocycles. The molecular formula is C30H30F2N4O3. The predicted octanol–water partition coefficient (Wildman–Crippen LogP) is 6.53. The first-order valence-corrected chi connectivity index (χ1v) is 13.1. The molecule has 7 nitrogen and oxygen atoms in total. The number of hydrogen-bond acceptors (Lipinski definition) is 5. The van der Waals surface area contributed by atoms with Crippen molar-refractivity contribution in [1.82, 2.24) is 14.5 Å². The number of aryl methyl sites for hydroxylation is 3. The van der Waals surface area contributed by atoms with Gasteiger partial charge in [-0.2, -0.15) is 0 Å². The van der Waals surface area contributed by atoms with Crippen LogP contribution in [-0.4, -0.2) is 27.1 Å². The molecule has 4 aromatic rings. The van der Waals surface area contributed by atoms with Gasteiger partial charge in [0.25, 0.3) is 5.91 Å². The van der Waals surface area contributed by atoms with Gasteiger partial charge in [-0.05, 0) is 63.3 Å². The van der Waals surface area contributed by atoms with E-state index in [9.17, 15) is 14.0 Å². The molecule has 202 valence electrons. The Kier molecular flexibility index (Phi) is 7.41. The number of aromatic nitrogens is 3. The highest BCUT2D eigenvalue weighted by molar-refractivity contribution is 6.04. The smallest absolute Gasteiger partial charge is 0.261 e. The summed E-state index contributed by atoms with van der Waals surface area (Å²) in [6.07, 6.45) is 6.72. The average Bonchev–Trinajstić information content (AvgIpc) is 3.43. The molecule has 1 aliphatic carbocycles. The highest BCUT2D eigenvalue weighted by Gasteiger charge is 2.26. The Labute approximate surface area is 224 Å². The second kappa shape index (κ2) is 10.9. The maximum absolute atomic E-state index is 15.1. The van der Waals surface area contributed by atoms with Gasteiger partial charge in [0.15, 0.2) is 22.7 Å². The molecule has 1 aromatic carbocycles. The SMILES string of the molecule is Cc1cc2nccc(Oc3ccc(NC(=O)c4cn(CCF)c(C)c(C5CCCC5)c4=O)cc3F)c2nc1C. The Morgan fingerprint density at radius 3 is 2.62 bits per heavy atom. The third-order valence-electron chi connectivity index (χ3n) is 7.46. The summed E-state index contributed by atoms with van der Waals surface area (Å²) in [6.45, 7) is 5.03. The Morgan fingerprint density at radius 1 is 1.13 bits per heavy atom. The summed E-state index contributed by atoms with van der Waals surface area (Å²) < 4.78 is 35.8. The fourth-order valence-corrected chi connectivity index (χ4v) is 5.25. The third kappa shape index (κ3) is 5.26. The molecule has 3 heterocycles. The van der Waals surface area contributed by atoms with E-state index in [2.05, 4.69) is 15.3 Å². The van der Waals surface area contributed by atoms with Gasteiger partial charge in [0.1, 0.15) is 17.8 Å². The van der Waals surface area contributed by atoms with Crippen molar-refractivity contribution in [2.24, 2.45) is 0 Å². The number of hydrogen-bond donors (Lipinski definition) is 1. The molecular weight excluding hydrogens is 502 g/mol. The highest BCUT2D eigenvalue weighted by atomic mass is 19.1. The second-order valence-corrected chi connectivity index (χ2v) is 10.0. The van der Waals surface area contributed by atoms with Crippen molar-refractivity contribution < 1.29 is 18.3 Å². The lowest BCUT2D eigenvalue weighted by Crippen LogP contribution is -2.29. The quantitative estimate of drug-likeness (QED) is 0.293. The lowest BCUT2D eigenvalue weighted by atomic mass is 9.94. The standard InChI is InChI=1S/C30H30F2N4O3/c1-17-14-24-28(34-18(17)2)26(10-12-33-24)39-25-9-8-21(15-23(25)32)35-30(38)22-16-36(13-11-31)19(3)27(29(22)37)20-6-4-5-7-20/h8-10,12,14-16,20H,4-7,11,13H2,1-3H3,(H,35,38). The summed E-state index contributed by atoms with van der Waals surface area (Å²) in [4.78, 5) is 35.4. The summed E-state index contributed by atoms with van der Waals surface area (Å²) in [5.41, 5.74) is 3.94. The lowest BCUT2D eigenvalue weighted by molar-refractivity contribution is 0.102. The zero-order valence-corrected chi connectivity index (χ0v) is 22.2. The maximum atomic E-state index is 15.1. The number of nitrogens with one attached hydrogen (secondary N) is 1. The van der Waals surface area contributed by atoms with Crippen molar-refractivity contribution in [2.45, 2.75) is 58.9 Å². The van der Waals surface area contributed by atoms with Crippen LogP contribution in [0, 0.1) is 26.6 Å². The summed E-state index contributed by atoms with van der Waals surface area (Å²) in [6, 6.07) is 7.53. The number of halogens is 2. The summed E-state index contributed by atoms with van der Waals surface area (Å²) in [7, 11) is 0. The Balaban J connectivity index is 1.41. The van der Waals surface area contributed by atoms with Gasteiger partial charge in [0, 0.05) is 47.2 Å². The van der Waals surface area contributed by atoms with Crippen LogP contribution >= 0.6 is 0 Å². The first-order chi connectivity index (χ1) is 18.8. The van der Waals surface area contributed by atoms with Crippen molar-refractivity contribution in [3.05, 3.63) is 86.8 Å². The molecule has 0 unspecified atom stereocenters. The Morgan fingerprint density at radius 2 is 1.90 bits per heavy atom. The van der Waals surface area contributed by atoms with Crippen molar-refractivity contribution in [3.8, 4) is 11.5 Å². The predicted molar refractivity (Wildman–Crippen MR) is 146 cm³/mol. The molecule has 5 rings (SSSR count). The number of nitrogens with zero attached hydrogens (tertiary/aromatic N) is 3. The molecule has 0 bridgehead atoms. The number of anilines is 1. The minimum atomic E-state index is -0.702. The summed E-state index contributed by atoms with van der Waals surface area (Å²) in [5.74, 6) is -1.02. The molecule has 1 N–H and O–H groups in total. The number of fused-ring (bicyclic) bond motifs is 1. The number of pyridine rings is 3. The van der Waals surface area contributed by atoms with Crippen molar-refractivity contribution in [2.75, 3.05) is 12.0 Å². The number of rotatable bonds is 7. The molecule has 1 fully saturated rings. The monoisotopic (exact) mass is 532 g/mol. The molecule has 9 heteroatoms. The molecule has 0 atom stereocenters. The number of amides is 1. The summed E-state index contributed by atoms with van der Waals surface area (Å²) in [5, 5.41) is 2.62. The minimum absolute atomic E-state index is 0.0460. The Bertz CT molecular complexity index is 1630. The van der Waals surface area contributed by atoms with Crippen molar-refractivity contribution >= 4 is 22.6 Å². The van der Waals surface area contributed by atoms with Crippen LogP contribution in [0.3, 0.4) is 0 Å². The molecule has 3 aromatic heterocycles. The maximum Gasteiger partial charge on any atom is 0.261 e. The van der Waals surface area contributed by atoms with Crippen LogP contribution in [-0.2, 0) is 6.54 Å². The van der Waals surface area contributed by atoms with E-state index in [1.165, 1.54) is 18.3 Å². The molecule has 1 saturated carbocycles. The van der Waals surface area contributed by atoms with Crippen LogP contribution in [0.5, 0.6) is 11.5 Å². The molecule has 0 saturated heterocycles. The average molecular weight is 533 g/mol. The molecule has 1 amide bonds. The largest absolute Gasteiger partial charge is 0.452 e. The molecule has 0 radical (unpaired) electrons. The molecule has 0 spiro atoms. The van der Waals surface area contributed by atoms with E-state index < -0.39 is 18.4 Å². The van der Waals surface area contributed by atoms with E-state index >= 15 is 4.39 Å². The molecule has 39 heavy (non-hydrogen) atoms. The van der Waals surface area contributed by atoms with Gasteiger partial charge in [-0.1, -0.05) is 12.8 Å². The summed E-state index contributed by atoms with van der Waals surface area (Å²) >= 11 is 0. The zero-order valence-electron chi connectivity index (χ0n) is 22.2. The topological polar surface area (TPSA) is 86.1 Å². The van der Waals surface area contributed by atoms with Gasteiger partial charge in [0.2, 0.25) is 0 Å². The van der Waals surface area contributed by atoms with Crippen LogP contribution in [0.25, 0.3) is 11.0 Å². The zero-order chi connectivity index (χ0) is 27.7. The van der Waals surface area contributed by atoms with Gasteiger partial charge in [-0.25, -0.2) is 13.8 Å². The lowest BCUT2D eigenvalue weighted by Gasteiger charge is -2.19. The highest BCUT2D eigenvalue weighted by Crippen LogP contribution is 2.35. The van der Waals surface area contributed by atoms with Crippen LogP contribution in [0.1, 0.15) is 64.5 Å². The number of carbonyl (C=O) groups is 1. The fourth-order valence-electron chi connectivity index (χ4n) is 5.25. The van der Waals surface area contributed by atoms with Gasteiger partial charge < -0.3 is 14.6 Å². The van der Waals surface area contributed by atoms with E-state index in [0.29, 0.717) is 28.0 Å².